The molecule has 0 fully saturated rings. The van der Waals surface area contributed by atoms with Gasteiger partial charge in [0.2, 0.25) is 0 Å². The molecule has 110 valence electrons. The average Bonchev–Trinajstić information content (AvgIpc) is 2.54. The zero-order valence-electron chi connectivity index (χ0n) is 11.7. The molecule has 0 saturated carbocycles. The largest absolute Gasteiger partial charge is 0.453 e. The van der Waals surface area contributed by atoms with Gasteiger partial charge in [0.15, 0.2) is 17.0 Å². The van der Waals surface area contributed by atoms with E-state index in [4.69, 9.17) is 16.0 Å². The Hall–Kier alpha value is -2.39. The number of halogens is 1. The zero-order chi connectivity index (χ0) is 15.5. The predicted molar refractivity (Wildman–Crippen MR) is 86.6 cm³/mol. The van der Waals surface area contributed by atoms with Gasteiger partial charge in [0, 0.05) is 17.5 Å². The van der Waals surface area contributed by atoms with E-state index >= 15 is 0 Å². The summed E-state index contributed by atoms with van der Waals surface area (Å²) in [7, 11) is 0. The summed E-state index contributed by atoms with van der Waals surface area (Å²) >= 11 is 5.83. The molecule has 0 unspecified atom stereocenters. The van der Waals surface area contributed by atoms with Crippen molar-refractivity contribution in [2.45, 2.75) is 12.8 Å². The fourth-order valence-electron chi connectivity index (χ4n) is 2.27. The van der Waals surface area contributed by atoms with E-state index in [0.717, 1.165) is 5.56 Å². The number of carbonyl (C=O) groups is 1. The number of aryl methyl sites for hydroxylation is 1. The summed E-state index contributed by atoms with van der Waals surface area (Å²) in [6.07, 6.45) is 0.857. The number of para-hydroxylation sites is 1. The van der Waals surface area contributed by atoms with Crippen LogP contribution >= 0.6 is 11.6 Å². The third-order valence-electron chi connectivity index (χ3n) is 3.46. The number of rotatable bonds is 4. The lowest BCUT2D eigenvalue weighted by atomic mass is 10.1. The number of ketones is 1. The van der Waals surface area contributed by atoms with Crippen LogP contribution in [0, 0.1) is 0 Å². The Morgan fingerprint density at radius 2 is 1.77 bits per heavy atom. The van der Waals surface area contributed by atoms with E-state index in [1.807, 2.05) is 12.1 Å². The molecule has 0 aliphatic carbocycles. The fraction of sp³-hybridized carbons (Fsp3) is 0.111. The van der Waals surface area contributed by atoms with E-state index in [0.29, 0.717) is 22.4 Å². The van der Waals surface area contributed by atoms with Gasteiger partial charge in [0.05, 0.1) is 5.39 Å². The van der Waals surface area contributed by atoms with Crippen molar-refractivity contribution < 1.29 is 9.21 Å². The number of Topliss-reactive ketones (excluding diaryl/α,β-unsaturated/α-hetero) is 1. The van der Waals surface area contributed by atoms with Crippen LogP contribution in [-0.2, 0) is 6.42 Å². The van der Waals surface area contributed by atoms with Gasteiger partial charge in [-0.25, -0.2) is 0 Å². The van der Waals surface area contributed by atoms with Gasteiger partial charge in [0.25, 0.3) is 0 Å². The minimum absolute atomic E-state index is 0.109. The molecule has 0 saturated heterocycles. The van der Waals surface area contributed by atoms with Crippen LogP contribution in [0.5, 0.6) is 0 Å². The van der Waals surface area contributed by atoms with Crippen molar-refractivity contribution in [3.63, 3.8) is 0 Å². The second-order valence-corrected chi connectivity index (χ2v) is 5.46. The van der Waals surface area contributed by atoms with Gasteiger partial charge in [-0.3, -0.25) is 9.59 Å². The van der Waals surface area contributed by atoms with Gasteiger partial charge < -0.3 is 4.42 Å². The molecule has 3 nitrogen and oxygen atoms in total. The molecular weight excluding hydrogens is 300 g/mol. The van der Waals surface area contributed by atoms with E-state index in [-0.39, 0.29) is 23.4 Å². The lowest BCUT2D eigenvalue weighted by Crippen LogP contribution is -2.08. The van der Waals surface area contributed by atoms with Crippen LogP contribution in [0.1, 0.15) is 22.5 Å². The standard InChI is InChI=1S/C18H13ClO3/c19-13-8-5-12(6-9-13)7-10-15(20)18-11-16(21)14-3-1-2-4-17(14)22-18/h1-6,8-9,11H,7,10H2. The third-order valence-corrected chi connectivity index (χ3v) is 3.72. The normalized spacial score (nSPS) is 10.8. The Balaban J connectivity index is 1.80. The summed E-state index contributed by atoms with van der Waals surface area (Å²) in [5, 5.41) is 1.15. The predicted octanol–water partition coefficient (Wildman–Crippen LogP) is 4.26. The van der Waals surface area contributed by atoms with Crippen molar-refractivity contribution in [1.29, 1.82) is 0 Å². The first kappa shape index (κ1) is 14.5. The van der Waals surface area contributed by atoms with Crippen LogP contribution in [0.3, 0.4) is 0 Å². The molecule has 3 rings (SSSR count). The molecule has 2 aromatic carbocycles. The molecule has 1 aromatic heterocycles. The molecule has 0 amide bonds. The highest BCUT2D eigenvalue weighted by Gasteiger charge is 2.12. The molecular formula is C18H13ClO3. The summed E-state index contributed by atoms with van der Waals surface area (Å²) < 4.78 is 5.54. The number of fused-ring (bicyclic) bond motifs is 1. The minimum Gasteiger partial charge on any atom is -0.453 e. The summed E-state index contributed by atoms with van der Waals surface area (Å²) in [6, 6.07) is 15.5. The molecule has 22 heavy (non-hydrogen) atoms. The Labute approximate surface area is 132 Å². The summed E-state index contributed by atoms with van der Waals surface area (Å²) in [4.78, 5) is 24.2. The summed E-state index contributed by atoms with van der Waals surface area (Å²) in [5.74, 6) is -0.0736. The molecule has 4 heteroatoms. The Morgan fingerprint density at radius 3 is 2.55 bits per heavy atom. The molecule has 1 heterocycles. The zero-order valence-corrected chi connectivity index (χ0v) is 12.5. The van der Waals surface area contributed by atoms with Crippen LogP contribution in [0.15, 0.2) is 63.8 Å². The fourth-order valence-corrected chi connectivity index (χ4v) is 2.40. The maximum absolute atomic E-state index is 12.2. The highest BCUT2D eigenvalue weighted by molar-refractivity contribution is 6.30. The van der Waals surface area contributed by atoms with Crippen LogP contribution < -0.4 is 5.43 Å². The van der Waals surface area contributed by atoms with E-state index < -0.39 is 0 Å². The van der Waals surface area contributed by atoms with Crippen LogP contribution in [-0.4, -0.2) is 5.78 Å². The monoisotopic (exact) mass is 312 g/mol. The van der Waals surface area contributed by atoms with Gasteiger partial charge in [-0.2, -0.15) is 0 Å². The van der Waals surface area contributed by atoms with Gasteiger partial charge in [-0.1, -0.05) is 35.9 Å². The first-order chi connectivity index (χ1) is 10.6. The second kappa shape index (κ2) is 6.16. The average molecular weight is 313 g/mol. The summed E-state index contributed by atoms with van der Waals surface area (Å²) in [5.41, 5.74) is 1.25. The summed E-state index contributed by atoms with van der Waals surface area (Å²) in [6.45, 7) is 0. The maximum Gasteiger partial charge on any atom is 0.198 e. The SMILES string of the molecule is O=C(CCc1ccc(Cl)cc1)c1cc(=O)c2ccccc2o1. The van der Waals surface area contributed by atoms with Crippen molar-refractivity contribution in [3.05, 3.63) is 81.2 Å². The molecule has 0 atom stereocenters. The van der Waals surface area contributed by atoms with Crippen LogP contribution in [0.2, 0.25) is 5.02 Å². The van der Waals surface area contributed by atoms with Crippen molar-refractivity contribution in [1.82, 2.24) is 0 Å². The lowest BCUT2D eigenvalue weighted by Gasteiger charge is -2.03. The molecule has 3 aromatic rings. The first-order valence-corrected chi connectivity index (χ1v) is 7.32. The first-order valence-electron chi connectivity index (χ1n) is 6.94. The highest BCUT2D eigenvalue weighted by Crippen LogP contribution is 2.15. The van der Waals surface area contributed by atoms with E-state index in [9.17, 15) is 9.59 Å². The van der Waals surface area contributed by atoms with Crippen molar-refractivity contribution in [3.8, 4) is 0 Å². The van der Waals surface area contributed by atoms with Gasteiger partial charge in [-0.05, 0) is 36.2 Å². The molecule has 0 spiro atoms. The van der Waals surface area contributed by atoms with Gasteiger partial charge in [-0.15, -0.1) is 0 Å². The van der Waals surface area contributed by atoms with Crippen LogP contribution in [0.25, 0.3) is 11.0 Å². The third kappa shape index (κ3) is 3.10. The molecule has 0 bridgehead atoms. The van der Waals surface area contributed by atoms with E-state index in [2.05, 4.69) is 0 Å². The number of benzene rings is 2. The Kier molecular flexibility index (Phi) is 4.07. The van der Waals surface area contributed by atoms with Crippen LogP contribution in [0.4, 0.5) is 0 Å². The number of hydrogen-bond donors (Lipinski definition) is 0. The quantitative estimate of drug-likeness (QED) is 0.676. The highest BCUT2D eigenvalue weighted by atomic mass is 35.5. The molecule has 0 aliphatic heterocycles. The maximum atomic E-state index is 12.2. The van der Waals surface area contributed by atoms with Crippen molar-refractivity contribution in [2.75, 3.05) is 0 Å². The smallest absolute Gasteiger partial charge is 0.198 e. The topological polar surface area (TPSA) is 47.3 Å². The van der Waals surface area contributed by atoms with E-state index in [1.165, 1.54) is 6.07 Å². The number of carbonyl (C=O) groups excluding carboxylic acids is 1. The molecule has 0 N–H and O–H groups in total. The minimum atomic E-state index is -0.198. The van der Waals surface area contributed by atoms with Gasteiger partial charge >= 0.3 is 0 Å². The second-order valence-electron chi connectivity index (χ2n) is 5.02. The number of hydrogen-bond acceptors (Lipinski definition) is 3. The molecule has 0 aliphatic rings. The Bertz CT molecular complexity index is 879. The lowest BCUT2D eigenvalue weighted by molar-refractivity contribution is 0.0956. The van der Waals surface area contributed by atoms with Crippen molar-refractivity contribution in [2.24, 2.45) is 0 Å². The van der Waals surface area contributed by atoms with Gasteiger partial charge in [0.1, 0.15) is 5.58 Å². The Morgan fingerprint density at radius 1 is 1.05 bits per heavy atom. The van der Waals surface area contributed by atoms with E-state index in [1.54, 1.807) is 36.4 Å². The van der Waals surface area contributed by atoms with Crippen molar-refractivity contribution >= 4 is 28.4 Å². The molecule has 0 radical (unpaired) electrons.